The van der Waals surface area contributed by atoms with E-state index in [1.54, 1.807) is 0 Å². The molecule has 0 aromatic carbocycles. The van der Waals surface area contributed by atoms with Gasteiger partial charge >= 0.3 is 0 Å². The highest BCUT2D eigenvalue weighted by molar-refractivity contribution is 5.79. The molecule has 3 fully saturated rings. The minimum absolute atomic E-state index is 0.0513. The maximum atomic E-state index is 12.9. The molecular weight excluding hydrogens is 376 g/mol. The zero-order valence-electron chi connectivity index (χ0n) is 18.2. The first kappa shape index (κ1) is 20.2. The van der Waals surface area contributed by atoms with Crippen molar-refractivity contribution in [3.8, 4) is 0 Å². The van der Waals surface area contributed by atoms with Crippen molar-refractivity contribution in [1.29, 1.82) is 0 Å². The molecule has 0 unspecified atom stereocenters. The van der Waals surface area contributed by atoms with E-state index in [9.17, 15) is 9.59 Å². The summed E-state index contributed by atoms with van der Waals surface area (Å²) in [5.41, 5.74) is 1.93. The Kier molecular flexibility index (Phi) is 5.94. The summed E-state index contributed by atoms with van der Waals surface area (Å²) in [4.78, 5) is 38.4. The van der Waals surface area contributed by atoms with Gasteiger partial charge < -0.3 is 9.88 Å². The van der Waals surface area contributed by atoms with Gasteiger partial charge in [0.15, 0.2) is 0 Å². The minimum atomic E-state index is 0.0513. The van der Waals surface area contributed by atoms with Crippen molar-refractivity contribution in [3.05, 3.63) is 27.4 Å². The maximum absolute atomic E-state index is 12.9. The molecule has 0 bridgehead atoms. The molecule has 30 heavy (non-hydrogen) atoms. The number of fused-ring (bicyclic) bond motifs is 1. The van der Waals surface area contributed by atoms with E-state index in [0.29, 0.717) is 18.5 Å². The number of nitrogens with zero attached hydrogens (tertiary/aromatic N) is 3. The second-order valence-electron chi connectivity index (χ2n) is 9.99. The summed E-state index contributed by atoms with van der Waals surface area (Å²) in [6, 6.07) is 0.659. The Morgan fingerprint density at radius 1 is 0.933 bits per heavy atom. The molecule has 1 aromatic rings. The summed E-state index contributed by atoms with van der Waals surface area (Å²) in [6.45, 7) is 3.31. The molecule has 0 spiro atoms. The Bertz CT molecular complexity index is 823. The van der Waals surface area contributed by atoms with Crippen LogP contribution in [0.2, 0.25) is 0 Å². The van der Waals surface area contributed by atoms with Crippen molar-refractivity contribution in [1.82, 2.24) is 19.8 Å². The Balaban J connectivity index is 1.28. The van der Waals surface area contributed by atoms with Gasteiger partial charge in [0.1, 0.15) is 5.82 Å². The summed E-state index contributed by atoms with van der Waals surface area (Å²) >= 11 is 0. The second kappa shape index (κ2) is 8.81. The minimum Gasteiger partial charge on any atom is -0.342 e. The van der Waals surface area contributed by atoms with Gasteiger partial charge in [-0.2, -0.15) is 0 Å². The monoisotopic (exact) mass is 412 g/mol. The maximum Gasteiger partial charge on any atom is 0.254 e. The van der Waals surface area contributed by atoms with Gasteiger partial charge in [-0.05, 0) is 38.5 Å². The van der Waals surface area contributed by atoms with Gasteiger partial charge in [-0.1, -0.05) is 38.5 Å². The van der Waals surface area contributed by atoms with Crippen LogP contribution in [0.1, 0.15) is 93.6 Å². The molecule has 164 valence electrons. The summed E-state index contributed by atoms with van der Waals surface area (Å²) in [7, 11) is 0. The lowest BCUT2D eigenvalue weighted by Crippen LogP contribution is -2.42. The molecule has 1 atom stereocenters. The molecular formula is C24H36N4O2. The Morgan fingerprint density at radius 2 is 1.67 bits per heavy atom. The average Bonchev–Trinajstić information content (AvgIpc) is 3.30. The molecule has 1 saturated heterocycles. The number of hydrogen-bond donors (Lipinski definition) is 1. The number of carbonyl (C=O) groups is 1. The lowest BCUT2D eigenvalue weighted by molar-refractivity contribution is -0.135. The van der Waals surface area contributed by atoms with Gasteiger partial charge in [-0.3, -0.25) is 14.5 Å². The van der Waals surface area contributed by atoms with Crippen LogP contribution in [0.15, 0.2) is 4.79 Å². The largest absolute Gasteiger partial charge is 0.342 e. The first-order valence-corrected chi connectivity index (χ1v) is 12.3. The molecule has 1 aromatic heterocycles. The zero-order chi connectivity index (χ0) is 20.5. The lowest BCUT2D eigenvalue weighted by Gasteiger charge is -2.37. The van der Waals surface area contributed by atoms with Crippen LogP contribution in [0.25, 0.3) is 0 Å². The number of hydrogen-bond acceptors (Lipinski definition) is 4. The fourth-order valence-corrected chi connectivity index (χ4v) is 6.22. The van der Waals surface area contributed by atoms with E-state index in [2.05, 4.69) is 9.88 Å². The zero-order valence-corrected chi connectivity index (χ0v) is 18.2. The number of rotatable bonds is 3. The van der Waals surface area contributed by atoms with Gasteiger partial charge in [0.25, 0.3) is 5.56 Å². The van der Waals surface area contributed by atoms with Crippen molar-refractivity contribution < 1.29 is 4.79 Å². The normalized spacial score (nSPS) is 26.7. The first-order chi connectivity index (χ1) is 14.7. The number of carbonyl (C=O) groups excluding carboxylic acids is 1. The van der Waals surface area contributed by atoms with Crippen LogP contribution < -0.4 is 5.56 Å². The van der Waals surface area contributed by atoms with Crippen LogP contribution in [0.5, 0.6) is 0 Å². The van der Waals surface area contributed by atoms with E-state index in [1.165, 1.54) is 51.4 Å². The van der Waals surface area contributed by atoms with Crippen molar-refractivity contribution in [2.75, 3.05) is 19.6 Å². The molecule has 4 aliphatic rings. The highest BCUT2D eigenvalue weighted by Crippen LogP contribution is 2.31. The Labute approximate surface area is 179 Å². The molecule has 1 amide bonds. The number of aromatic nitrogens is 2. The summed E-state index contributed by atoms with van der Waals surface area (Å²) in [5.74, 6) is 1.53. The fourth-order valence-electron chi connectivity index (χ4n) is 6.22. The van der Waals surface area contributed by atoms with E-state index in [1.807, 2.05) is 4.90 Å². The number of H-pyrrole nitrogens is 1. The van der Waals surface area contributed by atoms with Crippen LogP contribution in [0, 0.1) is 5.92 Å². The lowest BCUT2D eigenvalue weighted by atomic mass is 9.88. The number of aromatic amines is 1. The number of nitrogens with one attached hydrogen (secondary N) is 1. The molecule has 6 nitrogen and oxygen atoms in total. The molecule has 1 N–H and O–H groups in total. The highest BCUT2D eigenvalue weighted by atomic mass is 16.2. The van der Waals surface area contributed by atoms with Gasteiger partial charge in [0.2, 0.25) is 5.91 Å². The number of likely N-dealkylation sites (tertiary alicyclic amines) is 1. The summed E-state index contributed by atoms with van der Waals surface area (Å²) in [6.07, 6.45) is 14.0. The van der Waals surface area contributed by atoms with E-state index >= 15 is 0 Å². The molecule has 2 saturated carbocycles. The van der Waals surface area contributed by atoms with Crippen molar-refractivity contribution in [2.24, 2.45) is 5.92 Å². The Morgan fingerprint density at radius 3 is 2.43 bits per heavy atom. The van der Waals surface area contributed by atoms with Crippen LogP contribution >= 0.6 is 0 Å². The van der Waals surface area contributed by atoms with Crippen LogP contribution in [-0.4, -0.2) is 51.4 Å². The molecule has 5 rings (SSSR count). The standard InChI is InChI=1S/C24H36N4O2/c29-23-20-12-14-27(19-9-5-2-6-10-19)16-21(20)25-22(26-23)18-11-13-28(15-18)24(30)17-7-3-1-4-8-17/h17-19H,1-16H2,(H,25,26,29)/t18-/m1/s1. The SMILES string of the molecule is O=C(C1CCCCC1)N1CC[C@@H](c2nc3c(c(=O)[nH]2)CCN(C2CCCCC2)C3)C1. The third-order valence-electron chi connectivity index (χ3n) is 8.05. The average molecular weight is 413 g/mol. The predicted molar refractivity (Wildman–Crippen MR) is 116 cm³/mol. The smallest absolute Gasteiger partial charge is 0.254 e. The van der Waals surface area contributed by atoms with E-state index in [-0.39, 0.29) is 17.4 Å². The van der Waals surface area contributed by atoms with Gasteiger partial charge in [-0.25, -0.2) is 4.98 Å². The van der Waals surface area contributed by atoms with E-state index in [0.717, 1.165) is 62.4 Å². The molecule has 0 radical (unpaired) electrons. The quantitative estimate of drug-likeness (QED) is 0.827. The third kappa shape index (κ3) is 4.08. The van der Waals surface area contributed by atoms with Gasteiger partial charge in [0, 0.05) is 49.6 Å². The first-order valence-electron chi connectivity index (χ1n) is 12.3. The second-order valence-corrected chi connectivity index (χ2v) is 9.99. The molecule has 6 heteroatoms. The molecule has 3 heterocycles. The molecule has 2 aliphatic carbocycles. The van der Waals surface area contributed by atoms with Crippen molar-refractivity contribution in [3.63, 3.8) is 0 Å². The highest BCUT2D eigenvalue weighted by Gasteiger charge is 2.34. The van der Waals surface area contributed by atoms with Gasteiger partial charge in [-0.15, -0.1) is 0 Å². The number of amides is 1. The molecule has 2 aliphatic heterocycles. The summed E-state index contributed by atoms with van der Waals surface area (Å²) < 4.78 is 0. The van der Waals surface area contributed by atoms with Gasteiger partial charge in [0.05, 0.1) is 5.69 Å². The fraction of sp³-hybridized carbons (Fsp3) is 0.792. The van der Waals surface area contributed by atoms with Crippen LogP contribution in [0.3, 0.4) is 0 Å². The van der Waals surface area contributed by atoms with E-state index < -0.39 is 0 Å². The van der Waals surface area contributed by atoms with E-state index in [4.69, 9.17) is 4.98 Å². The summed E-state index contributed by atoms with van der Waals surface area (Å²) in [5, 5.41) is 0. The topological polar surface area (TPSA) is 69.3 Å². The predicted octanol–water partition coefficient (Wildman–Crippen LogP) is 3.36. The van der Waals surface area contributed by atoms with Crippen molar-refractivity contribution >= 4 is 5.91 Å². The van der Waals surface area contributed by atoms with Crippen LogP contribution in [0.4, 0.5) is 0 Å². The third-order valence-corrected chi connectivity index (χ3v) is 8.05. The Hall–Kier alpha value is -1.69. The van der Waals surface area contributed by atoms with Crippen molar-refractivity contribution in [2.45, 2.75) is 95.6 Å². The van der Waals surface area contributed by atoms with Crippen LogP contribution in [-0.2, 0) is 17.8 Å².